The predicted molar refractivity (Wildman–Crippen MR) is 94.4 cm³/mol. The molecule has 4 nitrogen and oxygen atoms in total. The smallest absolute Gasteiger partial charge is 0.285 e. The maximum absolute atomic E-state index is 12.4. The van der Waals surface area contributed by atoms with Gasteiger partial charge >= 0.3 is 0 Å². The minimum Gasteiger partial charge on any atom is -0.319 e. The van der Waals surface area contributed by atoms with Crippen LogP contribution in [-0.4, -0.2) is 13.0 Å². The van der Waals surface area contributed by atoms with Gasteiger partial charge < -0.3 is 4.57 Å². The van der Waals surface area contributed by atoms with Crippen molar-refractivity contribution in [2.45, 2.75) is 18.2 Å². The largest absolute Gasteiger partial charge is 0.319 e. The Morgan fingerprint density at radius 2 is 1.87 bits per heavy atom. The van der Waals surface area contributed by atoms with Gasteiger partial charge in [0.2, 0.25) is 4.80 Å². The molecular formula is C16H15ClN2O2S2. The van der Waals surface area contributed by atoms with E-state index in [4.69, 9.17) is 11.6 Å². The van der Waals surface area contributed by atoms with E-state index >= 15 is 0 Å². The Morgan fingerprint density at radius 3 is 2.52 bits per heavy atom. The Hall–Kier alpha value is -1.63. The lowest BCUT2D eigenvalue weighted by molar-refractivity contribution is 0.596. The molecule has 7 heteroatoms. The second-order valence-corrected chi connectivity index (χ2v) is 8.17. The first-order valence-corrected chi connectivity index (χ1v) is 9.69. The maximum Gasteiger partial charge on any atom is 0.285 e. The molecule has 0 aliphatic carbocycles. The quantitative estimate of drug-likeness (QED) is 0.708. The van der Waals surface area contributed by atoms with E-state index < -0.39 is 10.0 Å². The molecule has 0 aliphatic rings. The third kappa shape index (κ3) is 3.20. The van der Waals surface area contributed by atoms with E-state index in [0.29, 0.717) is 9.82 Å². The number of fused-ring (bicyclic) bond motifs is 1. The Labute approximate surface area is 143 Å². The average molecular weight is 367 g/mol. The summed E-state index contributed by atoms with van der Waals surface area (Å²) in [6, 6.07) is 12.1. The van der Waals surface area contributed by atoms with E-state index in [0.717, 1.165) is 16.6 Å². The number of benzene rings is 2. The topological polar surface area (TPSA) is 51.4 Å². The van der Waals surface area contributed by atoms with Crippen molar-refractivity contribution < 1.29 is 8.42 Å². The molecule has 23 heavy (non-hydrogen) atoms. The van der Waals surface area contributed by atoms with Crippen molar-refractivity contribution in [1.82, 2.24) is 4.57 Å². The van der Waals surface area contributed by atoms with Gasteiger partial charge in [0.25, 0.3) is 10.0 Å². The summed E-state index contributed by atoms with van der Waals surface area (Å²) < 4.78 is 31.7. The van der Waals surface area contributed by atoms with Gasteiger partial charge in [0.15, 0.2) is 0 Å². The highest BCUT2D eigenvalue weighted by Gasteiger charge is 2.14. The molecule has 0 aliphatic heterocycles. The molecule has 2 aromatic carbocycles. The van der Waals surface area contributed by atoms with Gasteiger partial charge in [-0.3, -0.25) is 0 Å². The first-order chi connectivity index (χ1) is 10.9. The van der Waals surface area contributed by atoms with Gasteiger partial charge in [-0.15, -0.1) is 4.40 Å². The van der Waals surface area contributed by atoms with Crippen LogP contribution in [0.2, 0.25) is 5.02 Å². The molecule has 120 valence electrons. The zero-order chi connectivity index (χ0) is 16.6. The lowest BCUT2D eigenvalue weighted by atomic mass is 10.2. The summed E-state index contributed by atoms with van der Waals surface area (Å²) in [5.41, 5.74) is 2.18. The number of sulfonamides is 1. The Kier molecular flexibility index (Phi) is 4.31. The fourth-order valence-electron chi connectivity index (χ4n) is 2.25. The van der Waals surface area contributed by atoms with Crippen molar-refractivity contribution in [2.24, 2.45) is 11.4 Å². The van der Waals surface area contributed by atoms with Crippen LogP contribution in [0, 0.1) is 0 Å². The lowest BCUT2D eigenvalue weighted by Crippen LogP contribution is -2.13. The van der Waals surface area contributed by atoms with Crippen LogP contribution >= 0.6 is 22.9 Å². The van der Waals surface area contributed by atoms with E-state index in [1.807, 2.05) is 19.2 Å². The van der Waals surface area contributed by atoms with Gasteiger partial charge in [-0.2, -0.15) is 8.42 Å². The van der Waals surface area contributed by atoms with Crippen molar-refractivity contribution in [2.75, 3.05) is 0 Å². The highest BCUT2D eigenvalue weighted by molar-refractivity contribution is 7.90. The summed E-state index contributed by atoms with van der Waals surface area (Å²) in [6.07, 6.45) is 0.938. The molecule has 0 radical (unpaired) electrons. The molecular weight excluding hydrogens is 352 g/mol. The van der Waals surface area contributed by atoms with Gasteiger partial charge in [0.05, 0.1) is 15.1 Å². The molecule has 0 N–H and O–H groups in total. The number of aryl methyl sites for hydroxylation is 2. The summed E-state index contributed by atoms with van der Waals surface area (Å²) in [7, 11) is -1.94. The van der Waals surface area contributed by atoms with Crippen LogP contribution in [0.25, 0.3) is 10.2 Å². The van der Waals surface area contributed by atoms with Crippen LogP contribution in [0.4, 0.5) is 0 Å². The Morgan fingerprint density at radius 1 is 1.17 bits per heavy atom. The molecule has 1 heterocycles. The van der Waals surface area contributed by atoms with Crippen molar-refractivity contribution >= 4 is 43.2 Å². The first-order valence-electron chi connectivity index (χ1n) is 7.06. The molecule has 3 aromatic rings. The zero-order valence-electron chi connectivity index (χ0n) is 12.7. The molecule has 0 bridgehead atoms. The van der Waals surface area contributed by atoms with Crippen LogP contribution in [0.3, 0.4) is 0 Å². The third-order valence-electron chi connectivity index (χ3n) is 3.59. The summed E-state index contributed by atoms with van der Waals surface area (Å²) in [5.74, 6) is 0. The minimum atomic E-state index is -3.76. The summed E-state index contributed by atoms with van der Waals surface area (Å²) >= 11 is 7.17. The molecule has 3 rings (SSSR count). The van der Waals surface area contributed by atoms with Crippen molar-refractivity contribution in [1.29, 1.82) is 0 Å². The second kappa shape index (κ2) is 6.11. The molecule has 0 atom stereocenters. The molecule has 0 amide bonds. The molecule has 0 fully saturated rings. The number of halogens is 1. The summed E-state index contributed by atoms with van der Waals surface area (Å²) in [4.78, 5) is 0.580. The monoisotopic (exact) mass is 366 g/mol. The highest BCUT2D eigenvalue weighted by Crippen LogP contribution is 2.20. The fraction of sp³-hybridized carbons (Fsp3) is 0.188. The third-order valence-corrected chi connectivity index (χ3v) is 6.34. The van der Waals surface area contributed by atoms with E-state index in [2.05, 4.69) is 17.4 Å². The standard InChI is InChI=1S/C16H15ClN2O2S2/c1-3-11-4-9-14-15(10-11)22-16(19(14)2)18-23(20,21)13-7-5-12(17)6-8-13/h4-10H,3H2,1-2H3/b18-16-. The number of thiazole rings is 1. The molecule has 0 unspecified atom stereocenters. The Bertz CT molecular complexity index is 1030. The fourth-order valence-corrected chi connectivity index (χ4v) is 4.68. The van der Waals surface area contributed by atoms with E-state index in [9.17, 15) is 8.42 Å². The van der Waals surface area contributed by atoms with Crippen LogP contribution in [-0.2, 0) is 23.5 Å². The second-order valence-electron chi connectivity index (χ2n) is 5.12. The normalized spacial score (nSPS) is 12.9. The Balaban J connectivity index is 2.16. The zero-order valence-corrected chi connectivity index (χ0v) is 15.0. The van der Waals surface area contributed by atoms with Gasteiger partial charge in [-0.05, 0) is 48.4 Å². The van der Waals surface area contributed by atoms with Crippen molar-refractivity contribution in [3.05, 3.63) is 57.9 Å². The lowest BCUT2D eigenvalue weighted by Gasteiger charge is -1.99. The number of rotatable bonds is 3. The average Bonchev–Trinajstić information content (AvgIpc) is 2.82. The highest BCUT2D eigenvalue weighted by atomic mass is 35.5. The number of hydrogen-bond acceptors (Lipinski definition) is 3. The SMILES string of the molecule is CCc1ccc2c(c1)s/c(=N\S(=O)(=O)c1ccc(Cl)cc1)n2C. The number of nitrogens with zero attached hydrogens (tertiary/aromatic N) is 2. The van der Waals surface area contributed by atoms with Crippen LogP contribution in [0.5, 0.6) is 0 Å². The van der Waals surface area contributed by atoms with Gasteiger partial charge in [0, 0.05) is 12.1 Å². The molecule has 1 aromatic heterocycles. The van der Waals surface area contributed by atoms with Crippen LogP contribution in [0.15, 0.2) is 51.8 Å². The summed E-state index contributed by atoms with van der Waals surface area (Å²) in [5, 5.41) is 0.489. The van der Waals surface area contributed by atoms with Crippen molar-refractivity contribution in [3.8, 4) is 0 Å². The van der Waals surface area contributed by atoms with Gasteiger partial charge in [-0.25, -0.2) is 0 Å². The predicted octanol–water partition coefficient (Wildman–Crippen LogP) is 3.75. The molecule has 0 saturated carbocycles. The van der Waals surface area contributed by atoms with Crippen LogP contribution in [0.1, 0.15) is 12.5 Å². The van der Waals surface area contributed by atoms with Gasteiger partial charge in [0.1, 0.15) is 0 Å². The molecule has 0 saturated heterocycles. The van der Waals surface area contributed by atoms with Crippen LogP contribution < -0.4 is 4.80 Å². The van der Waals surface area contributed by atoms with E-state index in [1.54, 1.807) is 16.7 Å². The number of aromatic nitrogens is 1. The summed E-state index contributed by atoms with van der Waals surface area (Å²) in [6.45, 7) is 2.09. The maximum atomic E-state index is 12.4. The first kappa shape index (κ1) is 16.2. The van der Waals surface area contributed by atoms with E-state index in [1.165, 1.54) is 29.0 Å². The minimum absolute atomic E-state index is 0.133. The van der Waals surface area contributed by atoms with Crippen molar-refractivity contribution in [3.63, 3.8) is 0 Å². The van der Waals surface area contributed by atoms with E-state index in [-0.39, 0.29) is 4.90 Å². The number of hydrogen-bond donors (Lipinski definition) is 0. The molecule has 0 spiro atoms. The van der Waals surface area contributed by atoms with Gasteiger partial charge in [-0.1, -0.05) is 35.9 Å².